The number of nitrogens with one attached hydrogen (secondary N) is 1. The molecule has 0 aliphatic heterocycles. The summed E-state index contributed by atoms with van der Waals surface area (Å²) in [7, 11) is 0. The van der Waals surface area contributed by atoms with E-state index in [0.717, 1.165) is 0 Å². The molecule has 0 fully saturated rings. The molecule has 150 valence electrons. The standard InChI is InChI=1S/C24H25NO4/c1-24(2,18-8-4-3-5-9-18)19-11-13-21(14-12-19)29-16-22(26)25-20-10-6-7-17(15-20)23(27)28/h3-13,15,21H,14,16H2,1-2H3,(H,25,26)(H,27,28). The van der Waals surface area contributed by atoms with Gasteiger partial charge in [0.25, 0.3) is 0 Å². The molecule has 1 aliphatic rings. The van der Waals surface area contributed by atoms with E-state index in [-0.39, 0.29) is 29.6 Å². The molecule has 2 aromatic rings. The molecule has 0 bridgehead atoms. The van der Waals surface area contributed by atoms with E-state index in [4.69, 9.17) is 9.84 Å². The van der Waals surface area contributed by atoms with Crippen LogP contribution in [0.2, 0.25) is 0 Å². The van der Waals surface area contributed by atoms with Crippen LogP contribution in [0.4, 0.5) is 5.69 Å². The third-order valence-electron chi connectivity index (χ3n) is 5.10. The quantitative estimate of drug-likeness (QED) is 0.725. The third-order valence-corrected chi connectivity index (χ3v) is 5.10. The van der Waals surface area contributed by atoms with Crippen molar-refractivity contribution in [3.05, 3.63) is 89.5 Å². The van der Waals surface area contributed by atoms with Crippen LogP contribution in [0.1, 0.15) is 36.2 Å². The minimum Gasteiger partial charge on any atom is -0.478 e. The van der Waals surface area contributed by atoms with Crippen molar-refractivity contribution in [1.82, 2.24) is 0 Å². The summed E-state index contributed by atoms with van der Waals surface area (Å²) >= 11 is 0. The van der Waals surface area contributed by atoms with Gasteiger partial charge in [0, 0.05) is 11.1 Å². The zero-order valence-corrected chi connectivity index (χ0v) is 16.6. The number of carbonyl (C=O) groups excluding carboxylic acids is 1. The van der Waals surface area contributed by atoms with Crippen LogP contribution >= 0.6 is 0 Å². The molecule has 0 saturated carbocycles. The number of hydrogen-bond acceptors (Lipinski definition) is 3. The summed E-state index contributed by atoms with van der Waals surface area (Å²) in [4.78, 5) is 23.1. The van der Waals surface area contributed by atoms with Crippen molar-refractivity contribution < 1.29 is 19.4 Å². The van der Waals surface area contributed by atoms with Gasteiger partial charge in [0.15, 0.2) is 0 Å². The van der Waals surface area contributed by atoms with Crippen LogP contribution in [-0.2, 0) is 14.9 Å². The average molecular weight is 391 g/mol. The molecule has 2 N–H and O–H groups in total. The molecule has 2 aromatic carbocycles. The van der Waals surface area contributed by atoms with Crippen molar-refractivity contribution in [2.24, 2.45) is 0 Å². The number of hydrogen-bond donors (Lipinski definition) is 2. The maximum absolute atomic E-state index is 12.1. The second kappa shape index (κ2) is 8.88. The predicted molar refractivity (Wildman–Crippen MR) is 113 cm³/mol. The van der Waals surface area contributed by atoms with Gasteiger partial charge >= 0.3 is 5.97 Å². The van der Waals surface area contributed by atoms with Gasteiger partial charge in [-0.05, 0) is 35.8 Å². The van der Waals surface area contributed by atoms with Crippen molar-refractivity contribution in [3.63, 3.8) is 0 Å². The summed E-state index contributed by atoms with van der Waals surface area (Å²) in [5, 5.41) is 11.7. The molecule has 0 radical (unpaired) electrons. The lowest BCUT2D eigenvalue weighted by Crippen LogP contribution is -2.25. The lowest BCUT2D eigenvalue weighted by molar-refractivity contribution is -0.121. The molecular weight excluding hydrogens is 366 g/mol. The van der Waals surface area contributed by atoms with E-state index < -0.39 is 5.97 Å². The first-order valence-corrected chi connectivity index (χ1v) is 9.55. The van der Waals surface area contributed by atoms with Gasteiger partial charge in [0.1, 0.15) is 6.61 Å². The first kappa shape index (κ1) is 20.6. The van der Waals surface area contributed by atoms with Gasteiger partial charge in [-0.15, -0.1) is 0 Å². The van der Waals surface area contributed by atoms with Crippen LogP contribution in [0.25, 0.3) is 0 Å². The van der Waals surface area contributed by atoms with Crippen molar-refractivity contribution in [2.75, 3.05) is 11.9 Å². The number of allylic oxidation sites excluding steroid dienone is 2. The summed E-state index contributed by atoms with van der Waals surface area (Å²) in [6.45, 7) is 4.29. The molecule has 0 saturated heterocycles. The number of aromatic carboxylic acids is 1. The van der Waals surface area contributed by atoms with E-state index >= 15 is 0 Å². The van der Waals surface area contributed by atoms with Gasteiger partial charge < -0.3 is 15.2 Å². The Morgan fingerprint density at radius 3 is 2.55 bits per heavy atom. The van der Waals surface area contributed by atoms with Gasteiger partial charge in [-0.25, -0.2) is 4.79 Å². The van der Waals surface area contributed by atoms with Gasteiger partial charge in [0.2, 0.25) is 5.91 Å². The molecule has 1 aliphatic carbocycles. The van der Waals surface area contributed by atoms with E-state index in [1.807, 2.05) is 24.3 Å². The number of rotatable bonds is 7. The maximum Gasteiger partial charge on any atom is 0.335 e. The topological polar surface area (TPSA) is 75.6 Å². The van der Waals surface area contributed by atoms with Crippen molar-refractivity contribution in [1.29, 1.82) is 0 Å². The lowest BCUT2D eigenvalue weighted by Gasteiger charge is -2.30. The summed E-state index contributed by atoms with van der Waals surface area (Å²) in [6.07, 6.45) is 6.74. The molecule has 29 heavy (non-hydrogen) atoms. The number of anilines is 1. The molecular formula is C24H25NO4. The number of carboxylic acid groups (broad SMARTS) is 1. The largest absolute Gasteiger partial charge is 0.478 e. The maximum atomic E-state index is 12.1. The highest BCUT2D eigenvalue weighted by Crippen LogP contribution is 2.34. The summed E-state index contributed by atoms with van der Waals surface area (Å²) in [5.74, 6) is -1.36. The minimum absolute atomic E-state index is 0.0996. The van der Waals surface area contributed by atoms with E-state index in [2.05, 4.69) is 43.4 Å². The van der Waals surface area contributed by atoms with Crippen LogP contribution in [0, 0.1) is 0 Å². The van der Waals surface area contributed by atoms with Crippen molar-refractivity contribution in [2.45, 2.75) is 31.8 Å². The smallest absolute Gasteiger partial charge is 0.335 e. The van der Waals surface area contributed by atoms with E-state index in [9.17, 15) is 9.59 Å². The first-order valence-electron chi connectivity index (χ1n) is 9.55. The molecule has 1 atom stereocenters. The summed E-state index contributed by atoms with van der Waals surface area (Å²) in [5.41, 5.74) is 2.92. The fourth-order valence-electron chi connectivity index (χ4n) is 3.32. The third kappa shape index (κ3) is 5.21. The predicted octanol–water partition coefficient (Wildman–Crippen LogP) is 4.57. The highest BCUT2D eigenvalue weighted by molar-refractivity contribution is 5.94. The fourth-order valence-corrected chi connectivity index (χ4v) is 3.32. The molecule has 1 unspecified atom stereocenters. The van der Waals surface area contributed by atoms with Crippen LogP contribution < -0.4 is 5.32 Å². The Morgan fingerprint density at radius 2 is 1.90 bits per heavy atom. The second-order valence-electron chi connectivity index (χ2n) is 7.53. The highest BCUT2D eigenvalue weighted by atomic mass is 16.5. The Hall–Kier alpha value is -3.18. The Labute approximate surface area is 170 Å². The molecule has 5 heteroatoms. The van der Waals surface area contributed by atoms with E-state index in [1.165, 1.54) is 23.3 Å². The zero-order chi connectivity index (χ0) is 20.9. The summed E-state index contributed by atoms with van der Waals surface area (Å²) in [6, 6.07) is 16.5. The SMILES string of the molecule is CC(C)(C1=CCC(OCC(=O)Nc2cccc(C(=O)O)c2)C=C1)c1ccccc1. The monoisotopic (exact) mass is 391 g/mol. The van der Waals surface area contributed by atoms with Crippen LogP contribution in [0.15, 0.2) is 78.4 Å². The number of amides is 1. The minimum atomic E-state index is -1.04. The van der Waals surface area contributed by atoms with Crippen molar-refractivity contribution >= 4 is 17.6 Å². The number of carbonyl (C=O) groups is 2. The molecule has 1 amide bonds. The van der Waals surface area contributed by atoms with E-state index in [1.54, 1.807) is 12.1 Å². The molecule has 0 heterocycles. The van der Waals surface area contributed by atoms with Gasteiger partial charge in [-0.3, -0.25) is 4.79 Å². The summed E-state index contributed by atoms with van der Waals surface area (Å²) < 4.78 is 5.70. The van der Waals surface area contributed by atoms with Crippen LogP contribution in [0.3, 0.4) is 0 Å². The number of carboxylic acids is 1. The van der Waals surface area contributed by atoms with Gasteiger partial charge in [-0.1, -0.05) is 68.5 Å². The van der Waals surface area contributed by atoms with Gasteiger partial charge in [0.05, 0.1) is 11.7 Å². The Balaban J connectivity index is 1.52. The molecule has 0 aromatic heterocycles. The number of benzene rings is 2. The molecule has 5 nitrogen and oxygen atoms in total. The van der Waals surface area contributed by atoms with E-state index in [0.29, 0.717) is 12.1 Å². The number of ether oxygens (including phenoxy) is 1. The van der Waals surface area contributed by atoms with Crippen LogP contribution in [0.5, 0.6) is 0 Å². The highest BCUT2D eigenvalue weighted by Gasteiger charge is 2.26. The Bertz CT molecular complexity index is 944. The average Bonchev–Trinajstić information content (AvgIpc) is 2.73. The molecule has 0 spiro atoms. The molecule has 3 rings (SSSR count). The van der Waals surface area contributed by atoms with Crippen molar-refractivity contribution in [3.8, 4) is 0 Å². The normalized spacial score (nSPS) is 16.2. The first-order chi connectivity index (χ1) is 13.9. The lowest BCUT2D eigenvalue weighted by atomic mass is 9.76. The Kier molecular flexibility index (Phi) is 6.29. The zero-order valence-electron chi connectivity index (χ0n) is 16.6. The van der Waals surface area contributed by atoms with Crippen LogP contribution in [-0.4, -0.2) is 29.7 Å². The fraction of sp³-hybridized carbons (Fsp3) is 0.250. The Morgan fingerprint density at radius 1 is 1.14 bits per heavy atom. The van der Waals surface area contributed by atoms with Gasteiger partial charge in [-0.2, -0.15) is 0 Å². The second-order valence-corrected chi connectivity index (χ2v) is 7.53.